The van der Waals surface area contributed by atoms with Gasteiger partial charge >= 0.3 is 6.03 Å². The van der Waals surface area contributed by atoms with Crippen LogP contribution in [0.2, 0.25) is 0 Å². The van der Waals surface area contributed by atoms with Crippen LogP contribution in [0, 0.1) is 0 Å². The van der Waals surface area contributed by atoms with Crippen LogP contribution in [-0.2, 0) is 4.79 Å². The molecule has 0 radical (unpaired) electrons. The van der Waals surface area contributed by atoms with Crippen LogP contribution in [-0.4, -0.2) is 85.6 Å². The maximum Gasteiger partial charge on any atom is 0.325 e. The highest BCUT2D eigenvalue weighted by Crippen LogP contribution is 2.21. The summed E-state index contributed by atoms with van der Waals surface area (Å²) in [6.07, 6.45) is -0.404. The number of carbonyl (C=O) groups excluding carboxylic acids is 2. The van der Waals surface area contributed by atoms with Gasteiger partial charge in [0.1, 0.15) is 6.17 Å². The topological polar surface area (TPSA) is 80.3 Å². The molecule has 0 aromatic rings. The van der Waals surface area contributed by atoms with Crippen molar-refractivity contribution in [2.75, 3.05) is 40.8 Å². The van der Waals surface area contributed by atoms with E-state index in [2.05, 4.69) is 22.2 Å². The van der Waals surface area contributed by atoms with Crippen molar-refractivity contribution in [2.45, 2.75) is 19.1 Å². The number of likely N-dealkylation sites (N-methyl/N-ethyl adjacent to an activating group) is 2. The molecule has 122 valence electrons. The summed E-state index contributed by atoms with van der Waals surface area (Å²) < 4.78 is 0. The number of fused-ring (bicyclic) bond motifs is 1. The van der Waals surface area contributed by atoms with Gasteiger partial charge < -0.3 is 20.0 Å². The second-order valence-electron chi connectivity index (χ2n) is 6.03. The van der Waals surface area contributed by atoms with E-state index in [-0.39, 0.29) is 5.91 Å². The molecule has 2 saturated heterocycles. The van der Waals surface area contributed by atoms with Crippen LogP contribution in [0.3, 0.4) is 0 Å². The van der Waals surface area contributed by atoms with Gasteiger partial charge in [0, 0.05) is 20.1 Å². The Hall–Kier alpha value is -2.09. The first-order valence-corrected chi connectivity index (χ1v) is 7.25. The Balaban J connectivity index is 2.24. The predicted molar refractivity (Wildman–Crippen MR) is 84.4 cm³/mol. The number of carbonyl (C=O) groups is 2. The molecule has 0 aromatic carbocycles. The molecule has 0 aromatic heterocycles. The van der Waals surface area contributed by atoms with Gasteiger partial charge in [-0.15, -0.1) is 0 Å². The van der Waals surface area contributed by atoms with E-state index in [1.807, 2.05) is 30.8 Å². The summed E-state index contributed by atoms with van der Waals surface area (Å²) in [6.45, 7) is 7.75. The minimum atomic E-state index is -0.488. The quantitative estimate of drug-likeness (QED) is 0.654. The zero-order valence-corrected chi connectivity index (χ0v) is 13.6. The first kappa shape index (κ1) is 16.3. The van der Waals surface area contributed by atoms with Crippen molar-refractivity contribution < 1.29 is 9.59 Å². The number of guanidine groups is 1. The van der Waals surface area contributed by atoms with E-state index in [0.717, 1.165) is 12.1 Å². The number of rotatable bonds is 5. The fourth-order valence-corrected chi connectivity index (χ4v) is 2.54. The van der Waals surface area contributed by atoms with E-state index < -0.39 is 18.2 Å². The number of amides is 3. The van der Waals surface area contributed by atoms with Gasteiger partial charge in [-0.3, -0.25) is 15.1 Å². The monoisotopic (exact) mass is 308 g/mol. The first-order valence-electron chi connectivity index (χ1n) is 7.25. The van der Waals surface area contributed by atoms with Gasteiger partial charge in [0.2, 0.25) is 0 Å². The maximum absolute atomic E-state index is 12.2. The van der Waals surface area contributed by atoms with Crippen molar-refractivity contribution in [3.05, 3.63) is 12.2 Å². The van der Waals surface area contributed by atoms with Crippen molar-refractivity contribution in [1.29, 1.82) is 0 Å². The van der Waals surface area contributed by atoms with Gasteiger partial charge in [-0.05, 0) is 21.0 Å². The zero-order chi connectivity index (χ0) is 16.4. The van der Waals surface area contributed by atoms with E-state index in [4.69, 9.17) is 0 Å². The average Bonchev–Trinajstić information content (AvgIpc) is 2.74. The van der Waals surface area contributed by atoms with Crippen molar-refractivity contribution >= 4 is 17.9 Å². The molecule has 2 heterocycles. The van der Waals surface area contributed by atoms with Crippen molar-refractivity contribution in [3.8, 4) is 0 Å². The molecular formula is C14H24N6O2. The van der Waals surface area contributed by atoms with Gasteiger partial charge in [0.25, 0.3) is 5.91 Å². The molecule has 8 nitrogen and oxygen atoms in total. The van der Waals surface area contributed by atoms with Crippen LogP contribution in [0.5, 0.6) is 0 Å². The number of nitrogens with zero attached hydrogens (tertiary/aromatic N) is 4. The molecule has 0 spiro atoms. The number of hydrogen-bond donors (Lipinski definition) is 2. The second kappa shape index (κ2) is 6.35. The minimum Gasteiger partial charge on any atom is -0.333 e. The molecule has 2 rings (SSSR count). The molecule has 0 aliphatic carbocycles. The number of imide groups is 1. The molecule has 2 atom stereocenters. The Morgan fingerprint density at radius 1 is 1.41 bits per heavy atom. The third-order valence-electron chi connectivity index (χ3n) is 3.67. The molecule has 2 aliphatic rings. The molecule has 2 fully saturated rings. The fourth-order valence-electron chi connectivity index (χ4n) is 2.54. The maximum atomic E-state index is 12.2. The molecule has 22 heavy (non-hydrogen) atoms. The summed E-state index contributed by atoms with van der Waals surface area (Å²) in [5.74, 6) is 0.330. The van der Waals surface area contributed by atoms with Crippen molar-refractivity contribution in [1.82, 2.24) is 25.3 Å². The Kier molecular flexibility index (Phi) is 4.70. The van der Waals surface area contributed by atoms with E-state index in [9.17, 15) is 9.59 Å². The number of hydrogen-bond acceptors (Lipinski definition) is 4. The summed E-state index contributed by atoms with van der Waals surface area (Å²) in [7, 11) is 5.62. The lowest BCUT2D eigenvalue weighted by atomic mass is 10.1. The summed E-state index contributed by atoms with van der Waals surface area (Å²) in [6, 6.07) is -0.888. The van der Waals surface area contributed by atoms with Crippen LogP contribution in [0.15, 0.2) is 17.1 Å². The molecule has 0 saturated carbocycles. The molecule has 2 N–H and O–H groups in total. The van der Waals surface area contributed by atoms with Gasteiger partial charge in [-0.25, -0.2) is 4.79 Å². The normalized spacial score (nSPS) is 26.3. The summed E-state index contributed by atoms with van der Waals surface area (Å²) >= 11 is 0. The number of aliphatic imine (C=N–C) groups is 1. The smallest absolute Gasteiger partial charge is 0.325 e. The fraction of sp³-hybridized carbons (Fsp3) is 0.643. The SMILES string of the molecule is C=C(C)CN1C(=NCCN(C)C)NC2C1C(=O)NC(=O)N2C. The van der Waals surface area contributed by atoms with Gasteiger partial charge in [0.05, 0.1) is 6.54 Å². The summed E-state index contributed by atoms with van der Waals surface area (Å²) in [5.41, 5.74) is 0.926. The van der Waals surface area contributed by atoms with Crippen molar-refractivity contribution in [3.63, 3.8) is 0 Å². The van der Waals surface area contributed by atoms with Crippen LogP contribution >= 0.6 is 0 Å². The Labute approximate surface area is 130 Å². The van der Waals surface area contributed by atoms with Crippen LogP contribution < -0.4 is 10.6 Å². The van der Waals surface area contributed by atoms with Crippen LogP contribution in [0.1, 0.15) is 6.92 Å². The highest BCUT2D eigenvalue weighted by molar-refractivity contribution is 6.04. The van der Waals surface area contributed by atoms with E-state index in [1.165, 1.54) is 4.90 Å². The number of urea groups is 1. The van der Waals surface area contributed by atoms with Crippen LogP contribution in [0.4, 0.5) is 4.79 Å². The molecule has 2 unspecified atom stereocenters. The lowest BCUT2D eigenvalue weighted by Crippen LogP contribution is -2.64. The van der Waals surface area contributed by atoms with Gasteiger partial charge in [0.15, 0.2) is 12.0 Å². The second-order valence-corrected chi connectivity index (χ2v) is 6.03. The zero-order valence-electron chi connectivity index (χ0n) is 13.6. The Bertz CT molecular complexity index is 515. The molecule has 2 aliphatic heterocycles. The Morgan fingerprint density at radius 3 is 2.68 bits per heavy atom. The molecule has 0 bridgehead atoms. The third kappa shape index (κ3) is 3.22. The lowest BCUT2D eigenvalue weighted by Gasteiger charge is -2.35. The summed E-state index contributed by atoms with van der Waals surface area (Å²) in [5, 5.41) is 5.57. The average molecular weight is 308 g/mol. The Morgan fingerprint density at radius 2 is 2.09 bits per heavy atom. The third-order valence-corrected chi connectivity index (χ3v) is 3.67. The first-order chi connectivity index (χ1) is 10.3. The number of nitrogens with one attached hydrogen (secondary N) is 2. The molecule has 3 amide bonds. The van der Waals surface area contributed by atoms with Crippen molar-refractivity contribution in [2.24, 2.45) is 4.99 Å². The van der Waals surface area contributed by atoms with Crippen LogP contribution in [0.25, 0.3) is 0 Å². The largest absolute Gasteiger partial charge is 0.333 e. The summed E-state index contributed by atoms with van der Waals surface area (Å²) in [4.78, 5) is 33.9. The standard InChI is InChI=1S/C14H24N6O2/c1-9(2)8-20-10-11(19(5)14(22)17-12(10)21)16-13(20)15-6-7-18(3)4/h10-11H,1,6-8H2,2-5H3,(H,15,16)(H,17,21,22). The molecule has 8 heteroatoms. The highest BCUT2D eigenvalue weighted by Gasteiger charge is 2.49. The van der Waals surface area contributed by atoms with E-state index >= 15 is 0 Å². The molecular weight excluding hydrogens is 284 g/mol. The predicted octanol–water partition coefficient (Wildman–Crippen LogP) is -0.738. The van der Waals surface area contributed by atoms with E-state index in [0.29, 0.717) is 19.0 Å². The lowest BCUT2D eigenvalue weighted by molar-refractivity contribution is -0.126. The van der Waals surface area contributed by atoms with Gasteiger partial charge in [-0.2, -0.15) is 0 Å². The highest BCUT2D eigenvalue weighted by atomic mass is 16.2. The van der Waals surface area contributed by atoms with Gasteiger partial charge in [-0.1, -0.05) is 12.2 Å². The van der Waals surface area contributed by atoms with E-state index in [1.54, 1.807) is 7.05 Å². The minimum absolute atomic E-state index is 0.306.